The van der Waals surface area contributed by atoms with Crippen LogP contribution in [-0.2, 0) is 11.3 Å². The molecule has 10 heteroatoms. The summed E-state index contributed by atoms with van der Waals surface area (Å²) in [5, 5.41) is 0. The number of amides is 1. The second kappa shape index (κ2) is 11.5. The van der Waals surface area contributed by atoms with Gasteiger partial charge in [-0.25, -0.2) is 9.37 Å². The number of nitrogens with zero attached hydrogens (tertiary/aromatic N) is 4. The zero-order chi connectivity index (χ0) is 28.6. The Morgan fingerprint density at radius 2 is 1.76 bits per heavy atom. The molecule has 1 amide bonds. The van der Waals surface area contributed by atoms with Gasteiger partial charge in [0.2, 0.25) is 0 Å². The van der Waals surface area contributed by atoms with Crippen LogP contribution in [0.25, 0.3) is 33.4 Å². The standard InChI is InChI=1S/C31H33FN4O4S/c1-21-17-23(7-8-25(21)31(37)36-9-13-40-14-10-36)29-19-33-28-4-2-3-26(30(28)34-29)22-5-6-24(27(32)18-22)20-35-11-15-41(38,39)16-12-35/h2-8,17-19,38-39H,9-16,20H2,1H3. The molecule has 214 valence electrons. The Balaban J connectivity index is 1.26. The molecule has 0 spiro atoms. The summed E-state index contributed by atoms with van der Waals surface area (Å²) in [6.45, 7) is 5.71. The van der Waals surface area contributed by atoms with Gasteiger partial charge in [0.1, 0.15) is 5.82 Å². The van der Waals surface area contributed by atoms with Crippen molar-refractivity contribution in [2.24, 2.45) is 0 Å². The van der Waals surface area contributed by atoms with Crippen molar-refractivity contribution >= 4 is 27.5 Å². The molecule has 3 aromatic carbocycles. The number of hydrogen-bond acceptors (Lipinski definition) is 7. The Labute approximate surface area is 240 Å². The van der Waals surface area contributed by atoms with Crippen molar-refractivity contribution < 1.29 is 23.0 Å². The Morgan fingerprint density at radius 1 is 1.00 bits per heavy atom. The van der Waals surface area contributed by atoms with Crippen LogP contribution in [0, 0.1) is 12.7 Å². The van der Waals surface area contributed by atoms with E-state index in [0.717, 1.165) is 16.7 Å². The van der Waals surface area contributed by atoms with Crippen LogP contribution in [0.5, 0.6) is 0 Å². The van der Waals surface area contributed by atoms with E-state index in [-0.39, 0.29) is 11.7 Å². The van der Waals surface area contributed by atoms with Crippen molar-refractivity contribution in [3.8, 4) is 22.4 Å². The molecule has 0 atom stereocenters. The van der Waals surface area contributed by atoms with Crippen LogP contribution in [0.3, 0.4) is 0 Å². The maximum absolute atomic E-state index is 15.3. The van der Waals surface area contributed by atoms with Gasteiger partial charge in [0.15, 0.2) is 0 Å². The van der Waals surface area contributed by atoms with Gasteiger partial charge in [-0.1, -0.05) is 30.3 Å². The summed E-state index contributed by atoms with van der Waals surface area (Å²) in [7, 11) is -2.49. The van der Waals surface area contributed by atoms with E-state index < -0.39 is 10.6 Å². The highest BCUT2D eigenvalue weighted by molar-refractivity contribution is 8.24. The monoisotopic (exact) mass is 576 g/mol. The first-order valence-electron chi connectivity index (χ1n) is 13.8. The highest BCUT2D eigenvalue weighted by atomic mass is 32.3. The molecule has 8 nitrogen and oxygen atoms in total. The van der Waals surface area contributed by atoms with Gasteiger partial charge in [0.05, 0.1) is 47.6 Å². The predicted octanol–water partition coefficient (Wildman–Crippen LogP) is 5.45. The predicted molar refractivity (Wildman–Crippen MR) is 160 cm³/mol. The molecule has 2 aliphatic rings. The smallest absolute Gasteiger partial charge is 0.254 e. The highest BCUT2D eigenvalue weighted by Crippen LogP contribution is 2.40. The Kier molecular flexibility index (Phi) is 7.76. The minimum absolute atomic E-state index is 0.00556. The maximum Gasteiger partial charge on any atom is 0.254 e. The summed E-state index contributed by atoms with van der Waals surface area (Å²) >= 11 is 0. The molecule has 2 aliphatic heterocycles. The molecule has 0 saturated carbocycles. The van der Waals surface area contributed by atoms with E-state index in [0.29, 0.717) is 90.9 Å². The van der Waals surface area contributed by atoms with Gasteiger partial charge in [0, 0.05) is 55.0 Å². The molecule has 6 rings (SSSR count). The number of aromatic nitrogens is 2. The van der Waals surface area contributed by atoms with Crippen LogP contribution >= 0.6 is 10.6 Å². The number of rotatable bonds is 5. The summed E-state index contributed by atoms with van der Waals surface area (Å²) in [5.41, 5.74) is 6.49. The average Bonchev–Trinajstić information content (AvgIpc) is 2.98. The third kappa shape index (κ3) is 5.98. The van der Waals surface area contributed by atoms with Crippen LogP contribution in [-0.4, -0.2) is 85.7 Å². The molecule has 4 aromatic rings. The number of para-hydroxylation sites is 1. The Hall–Kier alpha value is -3.41. The van der Waals surface area contributed by atoms with E-state index in [1.807, 2.05) is 59.2 Å². The van der Waals surface area contributed by atoms with Crippen molar-refractivity contribution in [3.63, 3.8) is 0 Å². The minimum atomic E-state index is -2.49. The second-order valence-electron chi connectivity index (χ2n) is 10.7. The number of hydrogen-bond donors (Lipinski definition) is 2. The van der Waals surface area contributed by atoms with Gasteiger partial charge in [-0.05, 0) is 42.3 Å². The largest absolute Gasteiger partial charge is 0.378 e. The first-order valence-corrected chi connectivity index (χ1v) is 15.6. The minimum Gasteiger partial charge on any atom is -0.378 e. The van der Waals surface area contributed by atoms with Gasteiger partial charge in [-0.3, -0.25) is 23.8 Å². The number of ether oxygens (including phenoxy) is 1. The van der Waals surface area contributed by atoms with Gasteiger partial charge >= 0.3 is 0 Å². The molecule has 0 aliphatic carbocycles. The Bertz CT molecular complexity index is 1600. The normalized spacial score (nSPS) is 18.4. The fourth-order valence-corrected chi connectivity index (χ4v) is 6.72. The summed E-state index contributed by atoms with van der Waals surface area (Å²) in [5.74, 6) is 0.356. The lowest BCUT2D eigenvalue weighted by Crippen LogP contribution is -2.40. The molecular weight excluding hydrogens is 543 g/mol. The van der Waals surface area contributed by atoms with Gasteiger partial charge in [-0.15, -0.1) is 0 Å². The number of halogens is 1. The van der Waals surface area contributed by atoms with E-state index in [9.17, 15) is 13.9 Å². The molecule has 0 radical (unpaired) electrons. The first-order chi connectivity index (χ1) is 19.8. The van der Waals surface area contributed by atoms with E-state index in [1.165, 1.54) is 6.07 Å². The summed E-state index contributed by atoms with van der Waals surface area (Å²) < 4.78 is 40.4. The molecular formula is C31H33FN4O4S. The quantitative estimate of drug-likeness (QED) is 0.326. The fourth-order valence-electron chi connectivity index (χ4n) is 5.41. The number of morpholine rings is 1. The van der Waals surface area contributed by atoms with Gasteiger partial charge < -0.3 is 9.64 Å². The van der Waals surface area contributed by atoms with E-state index in [1.54, 1.807) is 12.3 Å². The number of fused-ring (bicyclic) bond motifs is 1. The van der Waals surface area contributed by atoms with Crippen LogP contribution in [0.4, 0.5) is 4.39 Å². The van der Waals surface area contributed by atoms with Gasteiger partial charge in [-0.2, -0.15) is 10.6 Å². The van der Waals surface area contributed by atoms with Crippen molar-refractivity contribution in [1.29, 1.82) is 0 Å². The van der Waals surface area contributed by atoms with Crippen LogP contribution in [0.15, 0.2) is 60.8 Å². The highest BCUT2D eigenvalue weighted by Gasteiger charge is 2.23. The van der Waals surface area contributed by atoms with Crippen LogP contribution < -0.4 is 0 Å². The van der Waals surface area contributed by atoms with Crippen LogP contribution in [0.2, 0.25) is 0 Å². The fraction of sp³-hybridized carbons (Fsp3) is 0.323. The topological polar surface area (TPSA) is 99.0 Å². The zero-order valence-electron chi connectivity index (χ0n) is 22.9. The molecule has 2 fully saturated rings. The first kappa shape index (κ1) is 27.7. The van der Waals surface area contributed by atoms with Crippen molar-refractivity contribution in [2.45, 2.75) is 13.5 Å². The molecule has 2 N–H and O–H groups in total. The van der Waals surface area contributed by atoms with E-state index in [4.69, 9.17) is 9.72 Å². The van der Waals surface area contributed by atoms with E-state index >= 15 is 4.39 Å². The number of aryl methyl sites for hydroxylation is 1. The lowest BCUT2D eigenvalue weighted by atomic mass is 10.00. The van der Waals surface area contributed by atoms with Gasteiger partial charge in [0.25, 0.3) is 5.91 Å². The third-order valence-electron chi connectivity index (χ3n) is 7.85. The SMILES string of the molecule is Cc1cc(-c2cnc3cccc(-c4ccc(CN5CCS(O)(O)CC5)c(F)c4)c3n2)ccc1C(=O)N1CCOCC1. The van der Waals surface area contributed by atoms with Crippen molar-refractivity contribution in [2.75, 3.05) is 50.9 Å². The van der Waals surface area contributed by atoms with Crippen LogP contribution in [0.1, 0.15) is 21.5 Å². The Morgan fingerprint density at radius 3 is 2.49 bits per heavy atom. The molecule has 0 bridgehead atoms. The molecule has 0 unspecified atom stereocenters. The van der Waals surface area contributed by atoms with Crippen molar-refractivity contribution in [1.82, 2.24) is 19.8 Å². The summed E-state index contributed by atoms with van der Waals surface area (Å²) in [4.78, 5) is 26.5. The van der Waals surface area contributed by atoms with Crippen molar-refractivity contribution in [3.05, 3.63) is 83.3 Å². The third-order valence-corrected chi connectivity index (χ3v) is 9.52. The zero-order valence-corrected chi connectivity index (χ0v) is 23.7. The summed E-state index contributed by atoms with van der Waals surface area (Å²) in [6, 6.07) is 16.6. The molecule has 1 aromatic heterocycles. The molecule has 41 heavy (non-hydrogen) atoms. The number of benzene rings is 3. The van der Waals surface area contributed by atoms with E-state index in [2.05, 4.69) is 4.98 Å². The molecule has 2 saturated heterocycles. The number of carbonyl (C=O) groups excluding carboxylic acids is 1. The lowest BCUT2D eigenvalue weighted by molar-refractivity contribution is 0.0302. The second-order valence-corrected chi connectivity index (χ2v) is 13.1. The average molecular weight is 577 g/mol. The molecule has 3 heterocycles. The summed E-state index contributed by atoms with van der Waals surface area (Å²) in [6.07, 6.45) is 1.72. The lowest BCUT2D eigenvalue weighted by Gasteiger charge is -2.41. The number of carbonyl (C=O) groups is 1. The maximum atomic E-state index is 15.3.